The van der Waals surface area contributed by atoms with Crippen LogP contribution in [0.15, 0.2) is 0 Å². The molecule has 0 bridgehead atoms. The highest BCUT2D eigenvalue weighted by atomic mass is 28.3. The van der Waals surface area contributed by atoms with Crippen molar-refractivity contribution in [2.24, 2.45) is 17.8 Å². The Morgan fingerprint density at radius 3 is 1.88 bits per heavy atom. The molecule has 4 atom stereocenters. The predicted molar refractivity (Wildman–Crippen MR) is 70.9 cm³/mol. The molecule has 0 N–H and O–H groups in total. The normalized spacial score (nSPS) is 34.9. The van der Waals surface area contributed by atoms with Crippen LogP contribution in [-0.2, 0) is 8.85 Å². The Hall–Kier alpha value is 0.137. The molecular formula is C13H28O2Si. The van der Waals surface area contributed by atoms with Crippen molar-refractivity contribution in [3.8, 4) is 0 Å². The summed E-state index contributed by atoms with van der Waals surface area (Å²) in [5.74, 6) is 2.65. The van der Waals surface area contributed by atoms with Gasteiger partial charge in [0.25, 0.3) is 0 Å². The van der Waals surface area contributed by atoms with E-state index in [1.807, 2.05) is 14.2 Å². The summed E-state index contributed by atoms with van der Waals surface area (Å²) in [6, 6.07) is 0. The monoisotopic (exact) mass is 244 g/mol. The molecule has 0 radical (unpaired) electrons. The van der Waals surface area contributed by atoms with Crippen LogP contribution < -0.4 is 0 Å². The summed E-state index contributed by atoms with van der Waals surface area (Å²) in [5.41, 5.74) is 0.731. The van der Waals surface area contributed by atoms with Gasteiger partial charge < -0.3 is 8.85 Å². The third kappa shape index (κ3) is 2.69. The van der Waals surface area contributed by atoms with Crippen LogP contribution in [0.4, 0.5) is 0 Å². The first-order chi connectivity index (χ1) is 7.73. The Labute approximate surface area is 103 Å². The first kappa shape index (κ1) is 14.2. The fraction of sp³-hybridized carbons (Fsp3) is 1.00. The minimum Gasteiger partial charge on any atom is -0.400 e. The van der Waals surface area contributed by atoms with Gasteiger partial charge in [-0.05, 0) is 24.2 Å². The van der Waals surface area contributed by atoms with Gasteiger partial charge in [-0.2, -0.15) is 0 Å². The standard InChI is InChI=1S/C13H28O2Si/c1-6-10-9-13(16(14-4)15-5)12(8-3)11(10)7-2/h10-13,16H,6-9H2,1-5H3. The molecule has 1 aliphatic rings. The Kier molecular flexibility index (Phi) is 6.01. The molecule has 16 heavy (non-hydrogen) atoms. The fourth-order valence-electron chi connectivity index (χ4n) is 3.84. The van der Waals surface area contributed by atoms with Crippen molar-refractivity contribution in [2.45, 2.75) is 52.0 Å². The maximum Gasteiger partial charge on any atom is 0.324 e. The minimum atomic E-state index is -1.42. The van der Waals surface area contributed by atoms with Crippen molar-refractivity contribution in [3.63, 3.8) is 0 Å². The Morgan fingerprint density at radius 1 is 0.938 bits per heavy atom. The second-order valence-electron chi connectivity index (χ2n) is 5.05. The Balaban J connectivity index is 2.77. The molecule has 0 aliphatic heterocycles. The van der Waals surface area contributed by atoms with Gasteiger partial charge in [0.2, 0.25) is 0 Å². The van der Waals surface area contributed by atoms with Crippen LogP contribution in [0.1, 0.15) is 46.5 Å². The first-order valence-electron chi connectivity index (χ1n) is 6.78. The lowest BCUT2D eigenvalue weighted by Gasteiger charge is -2.27. The van der Waals surface area contributed by atoms with Crippen molar-refractivity contribution in [2.75, 3.05) is 14.2 Å². The summed E-state index contributed by atoms with van der Waals surface area (Å²) in [4.78, 5) is 0. The molecule has 1 aliphatic carbocycles. The summed E-state index contributed by atoms with van der Waals surface area (Å²) in [6.07, 6.45) is 5.27. The molecule has 0 heterocycles. The van der Waals surface area contributed by atoms with E-state index in [4.69, 9.17) is 8.85 Å². The van der Waals surface area contributed by atoms with E-state index in [1.54, 1.807) is 0 Å². The smallest absolute Gasteiger partial charge is 0.324 e. The maximum absolute atomic E-state index is 5.62. The molecular weight excluding hydrogens is 216 g/mol. The quantitative estimate of drug-likeness (QED) is 0.667. The molecule has 0 aromatic carbocycles. The van der Waals surface area contributed by atoms with Crippen LogP contribution >= 0.6 is 0 Å². The van der Waals surface area contributed by atoms with Gasteiger partial charge in [0, 0.05) is 19.8 Å². The molecule has 0 aromatic heterocycles. The first-order valence-corrected chi connectivity index (χ1v) is 8.39. The minimum absolute atomic E-state index is 0.731. The zero-order valence-corrected chi connectivity index (χ0v) is 12.7. The van der Waals surface area contributed by atoms with E-state index in [2.05, 4.69) is 20.8 Å². The van der Waals surface area contributed by atoms with Gasteiger partial charge in [0.15, 0.2) is 0 Å². The largest absolute Gasteiger partial charge is 0.400 e. The SMILES string of the molecule is CCC1CC([SiH](OC)OC)C(CC)C1CC. The molecule has 0 aromatic rings. The molecule has 3 heteroatoms. The van der Waals surface area contributed by atoms with E-state index in [0.717, 1.165) is 23.3 Å². The van der Waals surface area contributed by atoms with Crippen LogP contribution in [0.3, 0.4) is 0 Å². The lowest BCUT2D eigenvalue weighted by Crippen LogP contribution is -2.29. The van der Waals surface area contributed by atoms with Gasteiger partial charge in [-0.3, -0.25) is 0 Å². The second-order valence-corrected chi connectivity index (χ2v) is 7.59. The molecule has 0 saturated heterocycles. The highest BCUT2D eigenvalue weighted by Crippen LogP contribution is 2.51. The molecule has 0 spiro atoms. The van der Waals surface area contributed by atoms with Gasteiger partial charge in [-0.25, -0.2) is 0 Å². The summed E-state index contributed by atoms with van der Waals surface area (Å²) < 4.78 is 11.2. The average molecular weight is 244 g/mol. The highest BCUT2D eigenvalue weighted by molar-refractivity contribution is 6.46. The summed E-state index contributed by atoms with van der Waals surface area (Å²) in [7, 11) is 2.23. The van der Waals surface area contributed by atoms with Gasteiger partial charge in [0.1, 0.15) is 0 Å². The molecule has 1 rings (SSSR count). The average Bonchev–Trinajstić information content (AvgIpc) is 2.68. The van der Waals surface area contributed by atoms with E-state index in [1.165, 1.54) is 25.7 Å². The van der Waals surface area contributed by atoms with E-state index in [-0.39, 0.29) is 0 Å². The van der Waals surface area contributed by atoms with Crippen molar-refractivity contribution in [1.29, 1.82) is 0 Å². The summed E-state index contributed by atoms with van der Waals surface area (Å²) >= 11 is 0. The molecule has 96 valence electrons. The topological polar surface area (TPSA) is 18.5 Å². The molecule has 1 saturated carbocycles. The predicted octanol–water partition coefficient (Wildman–Crippen LogP) is 3.35. The number of hydrogen-bond acceptors (Lipinski definition) is 2. The van der Waals surface area contributed by atoms with Gasteiger partial charge in [0.05, 0.1) is 0 Å². The zero-order valence-electron chi connectivity index (χ0n) is 11.5. The van der Waals surface area contributed by atoms with Crippen molar-refractivity contribution >= 4 is 9.28 Å². The Bertz CT molecular complexity index is 192. The molecule has 4 unspecified atom stereocenters. The van der Waals surface area contributed by atoms with Gasteiger partial charge >= 0.3 is 9.28 Å². The van der Waals surface area contributed by atoms with Crippen LogP contribution in [0.2, 0.25) is 5.54 Å². The van der Waals surface area contributed by atoms with Gasteiger partial charge in [-0.15, -0.1) is 0 Å². The number of rotatable bonds is 6. The lowest BCUT2D eigenvalue weighted by molar-refractivity contribution is 0.241. The maximum atomic E-state index is 5.62. The molecule has 2 nitrogen and oxygen atoms in total. The molecule has 0 amide bonds. The van der Waals surface area contributed by atoms with E-state index < -0.39 is 9.28 Å². The van der Waals surface area contributed by atoms with Gasteiger partial charge in [-0.1, -0.05) is 40.0 Å². The van der Waals surface area contributed by atoms with E-state index in [0.29, 0.717) is 0 Å². The highest BCUT2D eigenvalue weighted by Gasteiger charge is 2.45. The zero-order chi connectivity index (χ0) is 12.1. The van der Waals surface area contributed by atoms with Crippen LogP contribution in [0.5, 0.6) is 0 Å². The second kappa shape index (κ2) is 6.77. The van der Waals surface area contributed by atoms with E-state index in [9.17, 15) is 0 Å². The summed E-state index contributed by atoms with van der Waals surface area (Å²) in [5, 5.41) is 0. The fourth-order valence-corrected chi connectivity index (χ4v) is 6.26. The van der Waals surface area contributed by atoms with Crippen LogP contribution in [0, 0.1) is 17.8 Å². The van der Waals surface area contributed by atoms with Crippen LogP contribution in [0.25, 0.3) is 0 Å². The Morgan fingerprint density at radius 2 is 1.50 bits per heavy atom. The summed E-state index contributed by atoms with van der Waals surface area (Å²) in [6.45, 7) is 7.00. The lowest BCUT2D eigenvalue weighted by atomic mass is 9.84. The van der Waals surface area contributed by atoms with Crippen LogP contribution in [-0.4, -0.2) is 23.5 Å². The third-order valence-corrected chi connectivity index (χ3v) is 6.96. The number of hydrogen-bond donors (Lipinski definition) is 0. The molecule has 1 fully saturated rings. The third-order valence-electron chi connectivity index (χ3n) is 4.56. The van der Waals surface area contributed by atoms with Crippen molar-refractivity contribution in [3.05, 3.63) is 0 Å². The van der Waals surface area contributed by atoms with Crippen molar-refractivity contribution in [1.82, 2.24) is 0 Å². The van der Waals surface area contributed by atoms with Crippen molar-refractivity contribution < 1.29 is 8.85 Å². The van der Waals surface area contributed by atoms with E-state index >= 15 is 0 Å².